The Bertz CT molecular complexity index is 863. The van der Waals surface area contributed by atoms with E-state index in [0.717, 1.165) is 16.3 Å². The Kier molecular flexibility index (Phi) is 6.00. The molecule has 0 aliphatic rings. The second-order valence-electron chi connectivity index (χ2n) is 6.40. The Morgan fingerprint density at radius 3 is 2.46 bits per heavy atom. The minimum atomic E-state index is -0.729. The normalized spacial score (nSPS) is 12.1. The molecule has 26 heavy (non-hydrogen) atoms. The van der Waals surface area contributed by atoms with Crippen LogP contribution in [-0.4, -0.2) is 42.2 Å². The summed E-state index contributed by atoms with van der Waals surface area (Å²) in [6.07, 6.45) is -0.729. The van der Waals surface area contributed by atoms with E-state index in [1.165, 1.54) is 4.90 Å². The van der Waals surface area contributed by atoms with E-state index in [0.29, 0.717) is 12.2 Å². The third-order valence-electron chi connectivity index (χ3n) is 4.25. The number of benzene rings is 3. The predicted octanol–water partition coefficient (Wildman–Crippen LogP) is 3.49. The number of fused-ring (bicyclic) bond motifs is 1. The van der Waals surface area contributed by atoms with Gasteiger partial charge in [0.2, 0.25) is 0 Å². The van der Waals surface area contributed by atoms with E-state index < -0.39 is 6.10 Å². The van der Waals surface area contributed by atoms with Crippen molar-refractivity contribution in [2.45, 2.75) is 12.7 Å². The van der Waals surface area contributed by atoms with Crippen LogP contribution < -0.4 is 0 Å². The van der Waals surface area contributed by atoms with E-state index in [4.69, 9.17) is 4.74 Å². The van der Waals surface area contributed by atoms with E-state index in [1.807, 2.05) is 72.8 Å². The quantitative estimate of drug-likeness (QED) is 0.710. The standard InChI is InChI=1S/C22H23NO3/c1-23(14-21(24)16-26-15-17-7-3-2-4-8-17)22(25)20-12-11-18-9-5-6-10-19(18)13-20/h2-13,21,24H,14-16H2,1H3. The largest absolute Gasteiger partial charge is 0.389 e. The molecule has 1 atom stereocenters. The van der Waals surface area contributed by atoms with Gasteiger partial charge in [-0.25, -0.2) is 0 Å². The van der Waals surface area contributed by atoms with Crippen molar-refractivity contribution in [1.82, 2.24) is 4.90 Å². The maximum atomic E-state index is 12.6. The van der Waals surface area contributed by atoms with Crippen LogP contribution in [0.25, 0.3) is 10.8 Å². The average molecular weight is 349 g/mol. The smallest absolute Gasteiger partial charge is 0.253 e. The highest BCUT2D eigenvalue weighted by atomic mass is 16.5. The molecule has 0 aliphatic carbocycles. The molecule has 0 aromatic heterocycles. The van der Waals surface area contributed by atoms with Crippen LogP contribution in [0, 0.1) is 0 Å². The lowest BCUT2D eigenvalue weighted by molar-refractivity contribution is 0.0137. The molecule has 1 unspecified atom stereocenters. The second-order valence-corrected chi connectivity index (χ2v) is 6.40. The molecule has 4 heteroatoms. The first-order valence-corrected chi connectivity index (χ1v) is 8.67. The van der Waals surface area contributed by atoms with Gasteiger partial charge in [-0.05, 0) is 28.5 Å². The van der Waals surface area contributed by atoms with E-state index in [-0.39, 0.29) is 19.1 Å². The number of hydrogen-bond acceptors (Lipinski definition) is 3. The molecule has 134 valence electrons. The van der Waals surface area contributed by atoms with Gasteiger partial charge in [0, 0.05) is 19.2 Å². The van der Waals surface area contributed by atoms with Crippen molar-refractivity contribution >= 4 is 16.7 Å². The van der Waals surface area contributed by atoms with Gasteiger partial charge < -0.3 is 14.7 Å². The monoisotopic (exact) mass is 349 g/mol. The fourth-order valence-electron chi connectivity index (χ4n) is 2.88. The van der Waals surface area contributed by atoms with Gasteiger partial charge in [-0.15, -0.1) is 0 Å². The summed E-state index contributed by atoms with van der Waals surface area (Å²) in [4.78, 5) is 14.1. The van der Waals surface area contributed by atoms with Crippen molar-refractivity contribution in [2.75, 3.05) is 20.2 Å². The summed E-state index contributed by atoms with van der Waals surface area (Å²) in [6, 6.07) is 23.4. The molecule has 3 aromatic carbocycles. The molecule has 0 aliphatic heterocycles. The number of carbonyl (C=O) groups is 1. The van der Waals surface area contributed by atoms with Gasteiger partial charge in [-0.2, -0.15) is 0 Å². The Morgan fingerprint density at radius 2 is 1.69 bits per heavy atom. The van der Waals surface area contributed by atoms with Gasteiger partial charge >= 0.3 is 0 Å². The van der Waals surface area contributed by atoms with Crippen molar-refractivity contribution in [1.29, 1.82) is 0 Å². The molecular formula is C22H23NO3. The minimum Gasteiger partial charge on any atom is -0.389 e. The molecule has 1 amide bonds. The summed E-state index contributed by atoms with van der Waals surface area (Å²) < 4.78 is 5.54. The fraction of sp³-hybridized carbons (Fsp3) is 0.227. The number of nitrogens with zero attached hydrogens (tertiary/aromatic N) is 1. The topological polar surface area (TPSA) is 49.8 Å². The lowest BCUT2D eigenvalue weighted by atomic mass is 10.1. The number of likely N-dealkylation sites (N-methyl/N-ethyl adjacent to an activating group) is 1. The lowest BCUT2D eigenvalue weighted by Crippen LogP contribution is -2.36. The molecule has 4 nitrogen and oxygen atoms in total. The maximum Gasteiger partial charge on any atom is 0.253 e. The van der Waals surface area contributed by atoms with Gasteiger partial charge in [0.15, 0.2) is 0 Å². The molecule has 0 spiro atoms. The fourth-order valence-corrected chi connectivity index (χ4v) is 2.88. The Labute approximate surface area is 153 Å². The van der Waals surface area contributed by atoms with E-state index in [2.05, 4.69) is 0 Å². The molecule has 0 heterocycles. The van der Waals surface area contributed by atoms with Gasteiger partial charge in [0.05, 0.1) is 19.3 Å². The molecule has 1 N–H and O–H groups in total. The number of rotatable bonds is 7. The summed E-state index contributed by atoms with van der Waals surface area (Å²) in [7, 11) is 1.69. The molecule has 0 saturated carbocycles. The van der Waals surface area contributed by atoms with E-state index in [9.17, 15) is 9.90 Å². The summed E-state index contributed by atoms with van der Waals surface area (Å²) in [5.74, 6) is -0.113. The predicted molar refractivity (Wildman–Crippen MR) is 103 cm³/mol. The van der Waals surface area contributed by atoms with Gasteiger partial charge in [-0.3, -0.25) is 4.79 Å². The summed E-state index contributed by atoms with van der Waals surface area (Å²) in [5, 5.41) is 12.3. The Balaban J connectivity index is 1.52. The number of aliphatic hydroxyl groups is 1. The average Bonchev–Trinajstić information content (AvgIpc) is 2.67. The molecule has 0 saturated heterocycles. The Hall–Kier alpha value is -2.69. The first-order valence-electron chi connectivity index (χ1n) is 8.67. The highest BCUT2D eigenvalue weighted by molar-refractivity contribution is 5.98. The van der Waals surface area contributed by atoms with Crippen molar-refractivity contribution in [3.05, 3.63) is 83.9 Å². The lowest BCUT2D eigenvalue weighted by Gasteiger charge is -2.21. The maximum absolute atomic E-state index is 12.6. The van der Waals surface area contributed by atoms with Gasteiger partial charge in [0.25, 0.3) is 5.91 Å². The van der Waals surface area contributed by atoms with E-state index in [1.54, 1.807) is 7.05 Å². The number of aliphatic hydroxyl groups excluding tert-OH is 1. The van der Waals surface area contributed by atoms with Crippen molar-refractivity contribution < 1.29 is 14.6 Å². The third-order valence-corrected chi connectivity index (χ3v) is 4.25. The number of carbonyl (C=O) groups excluding carboxylic acids is 1. The molecule has 0 radical (unpaired) electrons. The van der Waals surface area contributed by atoms with Crippen LogP contribution in [-0.2, 0) is 11.3 Å². The van der Waals surface area contributed by atoms with Gasteiger partial charge in [0.1, 0.15) is 0 Å². The number of hydrogen-bond donors (Lipinski definition) is 1. The van der Waals surface area contributed by atoms with Crippen LogP contribution in [0.2, 0.25) is 0 Å². The van der Waals surface area contributed by atoms with Crippen LogP contribution in [0.1, 0.15) is 15.9 Å². The van der Waals surface area contributed by atoms with Crippen molar-refractivity contribution in [3.8, 4) is 0 Å². The highest BCUT2D eigenvalue weighted by Gasteiger charge is 2.16. The van der Waals surface area contributed by atoms with Crippen LogP contribution >= 0.6 is 0 Å². The number of ether oxygens (including phenoxy) is 1. The molecule has 0 bridgehead atoms. The molecular weight excluding hydrogens is 326 g/mol. The second kappa shape index (κ2) is 8.61. The zero-order chi connectivity index (χ0) is 18.4. The molecule has 3 rings (SSSR count). The van der Waals surface area contributed by atoms with E-state index >= 15 is 0 Å². The third kappa shape index (κ3) is 4.69. The molecule has 3 aromatic rings. The first kappa shape index (κ1) is 18.1. The first-order chi connectivity index (χ1) is 12.6. The summed E-state index contributed by atoms with van der Waals surface area (Å²) >= 11 is 0. The van der Waals surface area contributed by atoms with Crippen LogP contribution in [0.4, 0.5) is 0 Å². The van der Waals surface area contributed by atoms with Crippen LogP contribution in [0.5, 0.6) is 0 Å². The zero-order valence-corrected chi connectivity index (χ0v) is 14.8. The summed E-state index contributed by atoms with van der Waals surface area (Å²) in [6.45, 7) is 0.852. The minimum absolute atomic E-state index is 0.113. The van der Waals surface area contributed by atoms with Gasteiger partial charge in [-0.1, -0.05) is 60.7 Å². The van der Waals surface area contributed by atoms with Crippen LogP contribution in [0.3, 0.4) is 0 Å². The van der Waals surface area contributed by atoms with Crippen molar-refractivity contribution in [2.24, 2.45) is 0 Å². The van der Waals surface area contributed by atoms with Crippen molar-refractivity contribution in [3.63, 3.8) is 0 Å². The zero-order valence-electron chi connectivity index (χ0n) is 14.8. The summed E-state index contributed by atoms with van der Waals surface area (Å²) in [5.41, 5.74) is 1.67. The SMILES string of the molecule is CN(CC(O)COCc1ccccc1)C(=O)c1ccc2ccccc2c1. The van der Waals surface area contributed by atoms with Crippen LogP contribution in [0.15, 0.2) is 72.8 Å². The highest BCUT2D eigenvalue weighted by Crippen LogP contribution is 2.16. The molecule has 0 fully saturated rings. The Morgan fingerprint density at radius 1 is 1.00 bits per heavy atom. The number of amides is 1.